The highest BCUT2D eigenvalue weighted by atomic mass is 35.5. The number of hydrogen-bond donors (Lipinski definition) is 1. The second-order valence-electron chi connectivity index (χ2n) is 6.66. The molecule has 0 aliphatic rings. The van der Waals surface area contributed by atoms with Gasteiger partial charge >= 0.3 is 0 Å². The van der Waals surface area contributed by atoms with E-state index in [1.807, 2.05) is 0 Å². The Morgan fingerprint density at radius 2 is 1.69 bits per heavy atom. The summed E-state index contributed by atoms with van der Waals surface area (Å²) in [4.78, 5) is 16.8. The molecule has 0 aliphatic carbocycles. The van der Waals surface area contributed by atoms with Crippen LogP contribution in [0.3, 0.4) is 0 Å². The summed E-state index contributed by atoms with van der Waals surface area (Å²) >= 11 is 24.3. The van der Waals surface area contributed by atoms with E-state index in [-0.39, 0.29) is 5.91 Å². The number of carbonyl (C=O) groups is 1. The molecule has 1 aromatic heterocycles. The number of halogens is 4. The van der Waals surface area contributed by atoms with Gasteiger partial charge in [-0.05, 0) is 54.6 Å². The molecule has 5 nitrogen and oxygen atoms in total. The lowest BCUT2D eigenvalue weighted by Crippen LogP contribution is -2.07. The molecule has 1 N–H and O–H groups in total. The van der Waals surface area contributed by atoms with Crippen molar-refractivity contribution in [2.45, 2.75) is 0 Å². The lowest BCUT2D eigenvalue weighted by atomic mass is 10.1. The number of oxazole rings is 1. The molecule has 0 bridgehead atoms. The third kappa shape index (κ3) is 4.87. The molecule has 1 heterocycles. The summed E-state index contributed by atoms with van der Waals surface area (Å²) in [5.41, 5.74) is 2.93. The van der Waals surface area contributed by atoms with Crippen molar-refractivity contribution in [1.82, 2.24) is 4.98 Å². The highest BCUT2D eigenvalue weighted by molar-refractivity contribution is 6.38. The average molecular weight is 508 g/mol. The maximum absolute atomic E-state index is 12.3. The van der Waals surface area contributed by atoms with Crippen LogP contribution in [0, 0.1) is 0 Å². The van der Waals surface area contributed by atoms with Gasteiger partial charge in [-0.25, -0.2) is 4.98 Å². The molecule has 0 fully saturated rings. The van der Waals surface area contributed by atoms with E-state index < -0.39 is 0 Å². The highest BCUT2D eigenvalue weighted by Crippen LogP contribution is 2.34. The van der Waals surface area contributed by atoms with E-state index in [2.05, 4.69) is 10.3 Å². The highest BCUT2D eigenvalue weighted by Gasteiger charge is 2.13. The summed E-state index contributed by atoms with van der Waals surface area (Å²) < 4.78 is 11.0. The molecule has 0 unspecified atom stereocenters. The van der Waals surface area contributed by atoms with Crippen molar-refractivity contribution in [3.05, 3.63) is 80.3 Å². The van der Waals surface area contributed by atoms with Crippen molar-refractivity contribution in [1.29, 1.82) is 0 Å². The summed E-state index contributed by atoms with van der Waals surface area (Å²) in [6.45, 7) is 0. The fourth-order valence-electron chi connectivity index (χ4n) is 3.05. The molecule has 0 spiro atoms. The first-order valence-electron chi connectivity index (χ1n) is 9.22. The third-order valence-corrected chi connectivity index (χ3v) is 5.46. The molecule has 0 radical (unpaired) electrons. The van der Waals surface area contributed by atoms with E-state index in [1.165, 1.54) is 13.2 Å². The molecular formula is C23H14Cl4N2O3. The zero-order valence-corrected chi connectivity index (χ0v) is 19.5. The molecule has 3 aromatic carbocycles. The Hall–Kier alpha value is -2.70. The molecule has 32 heavy (non-hydrogen) atoms. The van der Waals surface area contributed by atoms with E-state index in [1.54, 1.807) is 54.6 Å². The lowest BCUT2D eigenvalue weighted by Gasteiger charge is -2.08. The first kappa shape index (κ1) is 22.5. The summed E-state index contributed by atoms with van der Waals surface area (Å²) in [6, 6.07) is 13.5. The van der Waals surface area contributed by atoms with Crippen LogP contribution in [0.5, 0.6) is 5.75 Å². The second-order valence-corrected chi connectivity index (χ2v) is 8.35. The van der Waals surface area contributed by atoms with E-state index in [0.29, 0.717) is 54.1 Å². The SMILES string of the molecule is COc1c(Cl)cc(Cl)cc1/C=C/C(=O)Nc1ccc(-c2nc3cc(Cl)cc(Cl)c3o2)cc1. The van der Waals surface area contributed by atoms with E-state index in [0.717, 1.165) is 5.56 Å². The molecular weight excluding hydrogens is 494 g/mol. The molecule has 4 aromatic rings. The molecule has 162 valence electrons. The van der Waals surface area contributed by atoms with Gasteiger partial charge in [0.05, 0.1) is 17.2 Å². The van der Waals surface area contributed by atoms with Gasteiger partial charge in [0.25, 0.3) is 0 Å². The summed E-state index contributed by atoms with van der Waals surface area (Å²) in [5, 5.41) is 4.44. The number of nitrogens with one attached hydrogen (secondary N) is 1. The maximum Gasteiger partial charge on any atom is 0.248 e. The van der Waals surface area contributed by atoms with Gasteiger partial charge in [0.2, 0.25) is 11.8 Å². The van der Waals surface area contributed by atoms with Crippen LogP contribution in [0.4, 0.5) is 5.69 Å². The van der Waals surface area contributed by atoms with E-state index in [9.17, 15) is 4.79 Å². The van der Waals surface area contributed by atoms with Crippen LogP contribution in [0.2, 0.25) is 20.1 Å². The van der Waals surface area contributed by atoms with Crippen LogP contribution in [-0.2, 0) is 4.79 Å². The number of aromatic nitrogens is 1. The predicted octanol–water partition coefficient (Wildman–Crippen LogP) is 7.77. The Morgan fingerprint density at radius 3 is 2.41 bits per heavy atom. The van der Waals surface area contributed by atoms with Gasteiger partial charge in [-0.1, -0.05) is 46.4 Å². The van der Waals surface area contributed by atoms with Crippen molar-refractivity contribution < 1.29 is 13.9 Å². The van der Waals surface area contributed by atoms with E-state index >= 15 is 0 Å². The molecule has 4 rings (SSSR count). The number of benzene rings is 3. The van der Waals surface area contributed by atoms with Crippen LogP contribution in [-0.4, -0.2) is 18.0 Å². The van der Waals surface area contributed by atoms with Crippen LogP contribution < -0.4 is 10.1 Å². The average Bonchev–Trinajstić information content (AvgIpc) is 3.17. The standard InChI is InChI=1S/C23H14Cl4N2O3/c1-31-21-13(8-14(24)9-17(21)26)4-7-20(30)28-16-5-2-12(3-6-16)23-29-19-11-15(25)10-18(27)22(19)32-23/h2-11H,1H3,(H,28,30)/b7-4+. The van der Waals surface area contributed by atoms with Crippen LogP contribution in [0.15, 0.2) is 59.0 Å². The van der Waals surface area contributed by atoms with Gasteiger partial charge in [0.1, 0.15) is 11.3 Å². The van der Waals surface area contributed by atoms with Crippen molar-refractivity contribution >= 4 is 75.2 Å². The molecule has 0 saturated heterocycles. The minimum absolute atomic E-state index is 0.334. The smallest absolute Gasteiger partial charge is 0.248 e. The van der Waals surface area contributed by atoms with Gasteiger partial charge < -0.3 is 14.5 Å². The number of nitrogens with zero attached hydrogens (tertiary/aromatic N) is 1. The molecule has 0 saturated carbocycles. The fourth-order valence-corrected chi connectivity index (χ4v) is 4.16. The normalized spacial score (nSPS) is 11.3. The Bertz CT molecular complexity index is 1350. The molecule has 1 amide bonds. The largest absolute Gasteiger partial charge is 0.495 e. The number of methoxy groups -OCH3 is 1. The zero-order chi connectivity index (χ0) is 22.8. The maximum atomic E-state index is 12.3. The van der Waals surface area contributed by atoms with Crippen molar-refractivity contribution in [2.75, 3.05) is 12.4 Å². The second kappa shape index (κ2) is 9.43. The lowest BCUT2D eigenvalue weighted by molar-refractivity contribution is -0.111. The first-order chi connectivity index (χ1) is 15.3. The van der Waals surface area contributed by atoms with E-state index in [4.69, 9.17) is 55.6 Å². The topological polar surface area (TPSA) is 64.4 Å². The Labute approximate surface area is 203 Å². The number of carbonyl (C=O) groups excluding carboxylic acids is 1. The molecule has 0 atom stereocenters. The Balaban J connectivity index is 1.49. The fraction of sp³-hybridized carbons (Fsp3) is 0.0435. The zero-order valence-electron chi connectivity index (χ0n) is 16.5. The minimum atomic E-state index is -0.334. The molecule has 0 aliphatic heterocycles. The number of amides is 1. The van der Waals surface area contributed by atoms with Crippen LogP contribution in [0.1, 0.15) is 5.56 Å². The van der Waals surface area contributed by atoms with Gasteiger partial charge in [-0.2, -0.15) is 0 Å². The van der Waals surface area contributed by atoms with Crippen molar-refractivity contribution in [3.63, 3.8) is 0 Å². The summed E-state index contributed by atoms with van der Waals surface area (Å²) in [7, 11) is 1.49. The van der Waals surface area contributed by atoms with Gasteiger partial charge in [0.15, 0.2) is 5.58 Å². The number of anilines is 1. The monoisotopic (exact) mass is 506 g/mol. The predicted molar refractivity (Wildman–Crippen MR) is 130 cm³/mol. The summed E-state index contributed by atoms with van der Waals surface area (Å²) in [6.07, 6.45) is 2.94. The Kier molecular flexibility index (Phi) is 6.63. The number of hydrogen-bond acceptors (Lipinski definition) is 4. The minimum Gasteiger partial charge on any atom is -0.495 e. The quantitative estimate of drug-likeness (QED) is 0.280. The van der Waals surface area contributed by atoms with Crippen LogP contribution in [0.25, 0.3) is 28.6 Å². The summed E-state index contributed by atoms with van der Waals surface area (Å²) in [5.74, 6) is 0.496. The third-order valence-electron chi connectivity index (χ3n) is 4.46. The Morgan fingerprint density at radius 1 is 1.00 bits per heavy atom. The van der Waals surface area contributed by atoms with Crippen molar-refractivity contribution in [3.8, 4) is 17.2 Å². The molecule has 9 heteroatoms. The van der Waals surface area contributed by atoms with Crippen molar-refractivity contribution in [2.24, 2.45) is 0 Å². The van der Waals surface area contributed by atoms with Gasteiger partial charge in [-0.15, -0.1) is 0 Å². The number of rotatable bonds is 5. The number of ether oxygens (including phenoxy) is 1. The van der Waals surface area contributed by atoms with Gasteiger partial charge in [0, 0.05) is 32.9 Å². The van der Waals surface area contributed by atoms with Crippen LogP contribution >= 0.6 is 46.4 Å². The van der Waals surface area contributed by atoms with Gasteiger partial charge in [-0.3, -0.25) is 4.79 Å². The first-order valence-corrected chi connectivity index (χ1v) is 10.7. The number of fused-ring (bicyclic) bond motifs is 1.